The third-order valence-electron chi connectivity index (χ3n) is 6.14. The van der Waals surface area contributed by atoms with E-state index in [9.17, 15) is 15.0 Å². The first-order valence-corrected chi connectivity index (χ1v) is 13.3. The molecule has 0 unspecified atom stereocenters. The lowest BCUT2D eigenvalue weighted by Crippen LogP contribution is -2.31. The lowest BCUT2D eigenvalue weighted by Gasteiger charge is -2.36. The average molecular weight is 508 g/mol. The van der Waals surface area contributed by atoms with Crippen LogP contribution in [0.25, 0.3) is 11.1 Å². The highest BCUT2D eigenvalue weighted by Crippen LogP contribution is 2.39. The quantitative estimate of drug-likeness (QED) is 0.343. The fourth-order valence-corrected chi connectivity index (χ4v) is 5.00. The number of hydrogen-bond donors (Lipinski definition) is 3. The van der Waals surface area contributed by atoms with Crippen LogP contribution in [-0.4, -0.2) is 40.3 Å². The number of aliphatic hydroxyl groups is 2. The highest BCUT2D eigenvalue weighted by molar-refractivity contribution is 7.99. The van der Waals surface area contributed by atoms with Gasteiger partial charge in [0.25, 0.3) is 0 Å². The third kappa shape index (κ3) is 7.18. The largest absolute Gasteiger partial charge is 0.396 e. The summed E-state index contributed by atoms with van der Waals surface area (Å²) in [5, 5.41) is 21.4. The van der Waals surface area contributed by atoms with Gasteiger partial charge in [-0.3, -0.25) is 4.79 Å². The van der Waals surface area contributed by atoms with Crippen LogP contribution in [0.15, 0.2) is 72.8 Å². The zero-order valence-corrected chi connectivity index (χ0v) is 21.2. The maximum absolute atomic E-state index is 11.2. The summed E-state index contributed by atoms with van der Waals surface area (Å²) in [5.74, 6) is 1.41. The summed E-state index contributed by atoms with van der Waals surface area (Å²) in [7, 11) is 0. The van der Waals surface area contributed by atoms with E-state index < -0.39 is 6.29 Å². The number of hydrogen-bond acceptors (Lipinski definition) is 6. The molecule has 3 aromatic rings. The van der Waals surface area contributed by atoms with Crippen LogP contribution in [0.1, 0.15) is 48.0 Å². The van der Waals surface area contributed by atoms with Crippen molar-refractivity contribution in [3.8, 4) is 11.1 Å². The van der Waals surface area contributed by atoms with Gasteiger partial charge in [0.2, 0.25) is 5.91 Å². The molecule has 0 spiro atoms. The summed E-state index contributed by atoms with van der Waals surface area (Å²) in [6, 6.07) is 24.2. The molecule has 0 aliphatic carbocycles. The highest BCUT2D eigenvalue weighted by Gasteiger charge is 2.32. The van der Waals surface area contributed by atoms with Crippen molar-refractivity contribution in [2.45, 2.75) is 45.0 Å². The summed E-state index contributed by atoms with van der Waals surface area (Å²) in [4.78, 5) is 11.2. The molecule has 0 radical (unpaired) electrons. The molecule has 3 aromatic carbocycles. The van der Waals surface area contributed by atoms with Gasteiger partial charge in [0, 0.05) is 37.0 Å². The molecule has 4 rings (SSSR count). The van der Waals surface area contributed by atoms with Gasteiger partial charge in [-0.05, 0) is 33.9 Å². The number of rotatable bonds is 10. The van der Waals surface area contributed by atoms with Crippen LogP contribution in [0.4, 0.5) is 0 Å². The summed E-state index contributed by atoms with van der Waals surface area (Å²) in [6.07, 6.45) is 0.0995. The number of aliphatic hydroxyl groups excluding tert-OH is 2. The Labute approximate surface area is 216 Å². The van der Waals surface area contributed by atoms with Crippen LogP contribution in [0.5, 0.6) is 0 Å². The third-order valence-corrected chi connectivity index (χ3v) is 7.22. The monoisotopic (exact) mass is 507 g/mol. The second-order valence-electron chi connectivity index (χ2n) is 8.88. The van der Waals surface area contributed by atoms with E-state index in [1.54, 1.807) is 11.8 Å². The predicted octanol–water partition coefficient (Wildman–Crippen LogP) is 4.75. The molecular formula is C29H33NO5S. The zero-order valence-electron chi connectivity index (χ0n) is 20.4. The molecule has 1 amide bonds. The SMILES string of the molecule is CC(=O)NCc1cccc(-c2ccc([C@@H]3O[C@H](CSCCO)C[C@H](c4ccc(CO)cc4)O3)cc2)c1. The van der Waals surface area contributed by atoms with Gasteiger partial charge in [0.1, 0.15) is 0 Å². The van der Waals surface area contributed by atoms with Crippen LogP contribution in [0.2, 0.25) is 0 Å². The number of carbonyl (C=O) groups excluding carboxylic acids is 1. The van der Waals surface area contributed by atoms with Crippen LogP contribution >= 0.6 is 11.8 Å². The fourth-order valence-electron chi connectivity index (χ4n) is 4.22. The van der Waals surface area contributed by atoms with Crippen molar-refractivity contribution in [2.75, 3.05) is 18.1 Å². The van der Waals surface area contributed by atoms with Crippen molar-refractivity contribution in [3.63, 3.8) is 0 Å². The zero-order chi connectivity index (χ0) is 25.3. The van der Waals surface area contributed by atoms with Crippen molar-refractivity contribution in [3.05, 3.63) is 95.1 Å². The van der Waals surface area contributed by atoms with Gasteiger partial charge in [-0.2, -0.15) is 11.8 Å². The Morgan fingerprint density at radius 1 is 0.944 bits per heavy atom. The van der Waals surface area contributed by atoms with E-state index in [1.165, 1.54) is 6.92 Å². The van der Waals surface area contributed by atoms with Crippen LogP contribution in [0.3, 0.4) is 0 Å². The number of nitrogens with one attached hydrogen (secondary N) is 1. The first kappa shape index (κ1) is 26.4. The normalized spacial score (nSPS) is 19.7. The van der Waals surface area contributed by atoms with Crippen molar-refractivity contribution in [1.29, 1.82) is 0 Å². The minimum absolute atomic E-state index is 0.00653. The maximum atomic E-state index is 11.2. The highest BCUT2D eigenvalue weighted by atomic mass is 32.2. The van der Waals surface area contributed by atoms with E-state index in [0.717, 1.165) is 45.6 Å². The number of ether oxygens (including phenoxy) is 2. The first-order chi connectivity index (χ1) is 17.6. The first-order valence-electron chi connectivity index (χ1n) is 12.2. The van der Waals surface area contributed by atoms with E-state index in [0.29, 0.717) is 12.3 Å². The molecule has 3 atom stereocenters. The van der Waals surface area contributed by atoms with E-state index >= 15 is 0 Å². The molecule has 1 heterocycles. The lowest BCUT2D eigenvalue weighted by molar-refractivity contribution is -0.245. The number of benzene rings is 3. The van der Waals surface area contributed by atoms with E-state index in [2.05, 4.69) is 29.6 Å². The van der Waals surface area contributed by atoms with E-state index in [-0.39, 0.29) is 31.3 Å². The predicted molar refractivity (Wildman–Crippen MR) is 142 cm³/mol. The van der Waals surface area contributed by atoms with Crippen molar-refractivity contribution >= 4 is 17.7 Å². The second kappa shape index (κ2) is 13.0. The van der Waals surface area contributed by atoms with Gasteiger partial charge >= 0.3 is 0 Å². The number of amides is 1. The van der Waals surface area contributed by atoms with Gasteiger partial charge in [-0.15, -0.1) is 0 Å². The molecule has 0 saturated carbocycles. The van der Waals surface area contributed by atoms with Gasteiger partial charge in [0.15, 0.2) is 6.29 Å². The Bertz CT molecular complexity index is 1120. The minimum Gasteiger partial charge on any atom is -0.396 e. The van der Waals surface area contributed by atoms with Gasteiger partial charge < -0.3 is 25.0 Å². The maximum Gasteiger partial charge on any atom is 0.217 e. The molecule has 6 nitrogen and oxygen atoms in total. The van der Waals surface area contributed by atoms with Crippen molar-refractivity contribution in [1.82, 2.24) is 5.32 Å². The Morgan fingerprint density at radius 3 is 2.39 bits per heavy atom. The van der Waals surface area contributed by atoms with Gasteiger partial charge in [-0.1, -0.05) is 66.7 Å². The molecule has 0 bridgehead atoms. The fraction of sp³-hybridized carbons (Fsp3) is 0.345. The molecule has 3 N–H and O–H groups in total. The second-order valence-corrected chi connectivity index (χ2v) is 10.0. The molecule has 1 fully saturated rings. The molecule has 7 heteroatoms. The molecule has 0 aromatic heterocycles. The van der Waals surface area contributed by atoms with E-state index in [4.69, 9.17) is 9.47 Å². The molecule has 1 aliphatic heterocycles. The number of thioether (sulfide) groups is 1. The lowest BCUT2D eigenvalue weighted by atomic mass is 9.99. The van der Waals surface area contributed by atoms with Gasteiger partial charge in [-0.25, -0.2) is 0 Å². The van der Waals surface area contributed by atoms with Crippen molar-refractivity contribution in [2.24, 2.45) is 0 Å². The molecule has 1 saturated heterocycles. The average Bonchev–Trinajstić information content (AvgIpc) is 2.92. The summed E-state index contributed by atoms with van der Waals surface area (Å²) >= 11 is 1.68. The standard InChI is InChI=1S/C29H33NO5S/c1-20(33)30-17-22-3-2-4-26(15-22)23-9-11-25(12-10-23)29-34-27(19-36-14-13-31)16-28(35-29)24-7-5-21(18-32)6-8-24/h2-12,15,27-29,31-32H,13-14,16-19H2,1H3,(H,30,33)/t27-,28+,29+/m0/s1. The summed E-state index contributed by atoms with van der Waals surface area (Å²) in [6.45, 7) is 2.18. The van der Waals surface area contributed by atoms with Gasteiger partial charge in [0.05, 0.1) is 25.4 Å². The Hall–Kier alpha value is -2.68. The molecule has 190 valence electrons. The Morgan fingerprint density at radius 2 is 1.69 bits per heavy atom. The summed E-state index contributed by atoms with van der Waals surface area (Å²) < 4.78 is 12.7. The van der Waals surface area contributed by atoms with E-state index in [1.807, 2.05) is 48.5 Å². The van der Waals surface area contributed by atoms with Crippen LogP contribution < -0.4 is 5.32 Å². The topological polar surface area (TPSA) is 88.0 Å². The van der Waals surface area contributed by atoms with Crippen molar-refractivity contribution < 1.29 is 24.5 Å². The smallest absolute Gasteiger partial charge is 0.217 e. The summed E-state index contributed by atoms with van der Waals surface area (Å²) in [5.41, 5.74) is 6.07. The number of carbonyl (C=O) groups is 1. The molecule has 36 heavy (non-hydrogen) atoms. The Balaban J connectivity index is 1.50. The van der Waals surface area contributed by atoms with Crippen LogP contribution in [-0.2, 0) is 27.4 Å². The minimum atomic E-state index is -0.499. The Kier molecular flexibility index (Phi) is 9.55. The molecule has 1 aliphatic rings. The molecular weight excluding hydrogens is 474 g/mol. The van der Waals surface area contributed by atoms with Crippen LogP contribution in [0, 0.1) is 0 Å².